The number of amides is 3. The van der Waals surface area contributed by atoms with E-state index in [2.05, 4.69) is 5.32 Å². The van der Waals surface area contributed by atoms with Crippen LogP contribution in [0, 0.1) is 5.41 Å². The number of primary amides is 1. The van der Waals surface area contributed by atoms with Crippen LogP contribution in [0.15, 0.2) is 24.3 Å². The summed E-state index contributed by atoms with van der Waals surface area (Å²) in [5.74, 6) is -0.507. The van der Waals surface area contributed by atoms with Gasteiger partial charge in [-0.15, -0.1) is 0 Å². The second kappa shape index (κ2) is 7.04. The van der Waals surface area contributed by atoms with Crippen molar-refractivity contribution in [2.24, 2.45) is 11.1 Å². The zero-order chi connectivity index (χ0) is 18.0. The fourth-order valence-electron chi connectivity index (χ4n) is 4.50. The predicted molar refractivity (Wildman–Crippen MR) is 96.5 cm³/mol. The highest BCUT2D eigenvalue weighted by Gasteiger charge is 2.58. The average Bonchev–Trinajstić information content (AvgIpc) is 3.10. The molecule has 2 atom stereocenters. The minimum absolute atomic E-state index is 0.108. The zero-order valence-corrected chi connectivity index (χ0v) is 15.0. The van der Waals surface area contributed by atoms with E-state index in [1.165, 1.54) is 12.8 Å². The van der Waals surface area contributed by atoms with E-state index < -0.39 is 5.91 Å². The van der Waals surface area contributed by atoms with Crippen LogP contribution in [0.3, 0.4) is 0 Å². The molecular weight excluding hydrogens is 318 g/mol. The smallest absolute Gasteiger partial charge is 0.321 e. The van der Waals surface area contributed by atoms with Crippen molar-refractivity contribution in [2.45, 2.75) is 51.2 Å². The highest BCUT2D eigenvalue weighted by atomic mass is 16.5. The number of hydrogen-bond acceptors (Lipinski definition) is 3. The van der Waals surface area contributed by atoms with Crippen LogP contribution < -0.4 is 11.1 Å². The number of nitrogens with zero attached hydrogens (tertiary/aromatic N) is 1. The molecule has 3 amide bonds. The van der Waals surface area contributed by atoms with Gasteiger partial charge in [0.25, 0.3) is 0 Å². The first-order valence-electron chi connectivity index (χ1n) is 9.03. The Morgan fingerprint density at radius 1 is 1.36 bits per heavy atom. The number of hydrogen-bond donors (Lipinski definition) is 2. The largest absolute Gasteiger partial charge is 0.378 e. The molecule has 1 spiro atoms. The summed E-state index contributed by atoms with van der Waals surface area (Å²) in [7, 11) is 1.85. The molecule has 0 aromatic heterocycles. The van der Waals surface area contributed by atoms with Gasteiger partial charge in [0.2, 0.25) is 5.91 Å². The van der Waals surface area contributed by atoms with E-state index >= 15 is 0 Å². The Morgan fingerprint density at radius 3 is 2.72 bits per heavy atom. The van der Waals surface area contributed by atoms with Crippen LogP contribution >= 0.6 is 0 Å². The molecule has 136 valence electrons. The lowest BCUT2D eigenvalue weighted by Gasteiger charge is -2.56. The Hall–Kier alpha value is -2.08. The second-order valence-electron chi connectivity index (χ2n) is 7.12. The first kappa shape index (κ1) is 17.7. The van der Waals surface area contributed by atoms with Gasteiger partial charge in [0, 0.05) is 36.4 Å². The Balaban J connectivity index is 1.68. The van der Waals surface area contributed by atoms with Crippen molar-refractivity contribution in [3.8, 4) is 0 Å². The SMILES string of the molecule is CCO[C@H]1C[C@H](N(C)C(=O)Nc2cccc(C(N)=O)c2)C12CCCC2. The first-order valence-corrected chi connectivity index (χ1v) is 9.03. The van der Waals surface area contributed by atoms with Gasteiger partial charge in [-0.05, 0) is 44.4 Å². The molecule has 25 heavy (non-hydrogen) atoms. The van der Waals surface area contributed by atoms with Crippen molar-refractivity contribution in [1.82, 2.24) is 4.90 Å². The first-order chi connectivity index (χ1) is 12.0. The average molecular weight is 345 g/mol. The number of anilines is 1. The van der Waals surface area contributed by atoms with Gasteiger partial charge in [-0.25, -0.2) is 4.79 Å². The van der Waals surface area contributed by atoms with Crippen molar-refractivity contribution in [1.29, 1.82) is 0 Å². The summed E-state index contributed by atoms with van der Waals surface area (Å²) in [5, 5.41) is 2.88. The molecule has 0 bridgehead atoms. The van der Waals surface area contributed by atoms with Gasteiger partial charge in [0.05, 0.1) is 6.10 Å². The number of rotatable bonds is 5. The van der Waals surface area contributed by atoms with Crippen LogP contribution in [-0.4, -0.2) is 42.6 Å². The van der Waals surface area contributed by atoms with E-state index in [9.17, 15) is 9.59 Å². The maximum atomic E-state index is 12.7. The van der Waals surface area contributed by atoms with Gasteiger partial charge in [0.1, 0.15) is 0 Å². The fraction of sp³-hybridized carbons (Fsp3) is 0.579. The summed E-state index contributed by atoms with van der Waals surface area (Å²) in [6.45, 7) is 2.74. The van der Waals surface area contributed by atoms with Gasteiger partial charge in [-0.3, -0.25) is 4.79 Å². The van der Waals surface area contributed by atoms with Crippen molar-refractivity contribution >= 4 is 17.6 Å². The van der Waals surface area contributed by atoms with Crippen molar-refractivity contribution in [3.63, 3.8) is 0 Å². The Bertz CT molecular complexity index is 655. The van der Waals surface area contributed by atoms with Crippen LogP contribution in [0.1, 0.15) is 49.4 Å². The number of ether oxygens (including phenoxy) is 1. The Labute approximate surface area is 148 Å². The molecule has 0 aliphatic heterocycles. The summed E-state index contributed by atoms with van der Waals surface area (Å²) >= 11 is 0. The molecule has 0 radical (unpaired) electrons. The lowest BCUT2D eigenvalue weighted by molar-refractivity contribution is -0.150. The second-order valence-corrected chi connectivity index (χ2v) is 7.12. The summed E-state index contributed by atoms with van der Waals surface area (Å²) < 4.78 is 5.93. The van der Waals surface area contributed by atoms with Crippen LogP contribution in [0.4, 0.5) is 10.5 Å². The maximum absolute atomic E-state index is 12.7. The third kappa shape index (κ3) is 3.23. The standard InChI is InChI=1S/C19H27N3O3/c1-3-25-16-12-15(19(16)9-4-5-10-19)22(2)18(24)21-14-8-6-7-13(11-14)17(20)23/h6-8,11,15-16H,3-5,9-10,12H2,1-2H3,(H2,20,23)(H,21,24)/t15-,16-/m0/s1. The van der Waals surface area contributed by atoms with E-state index in [0.717, 1.165) is 25.9 Å². The van der Waals surface area contributed by atoms with Gasteiger partial charge in [-0.1, -0.05) is 18.9 Å². The summed E-state index contributed by atoms with van der Waals surface area (Å²) in [5.41, 5.74) is 6.37. The minimum atomic E-state index is -0.507. The Kier molecular flexibility index (Phi) is 4.99. The van der Waals surface area contributed by atoms with Crippen LogP contribution in [0.2, 0.25) is 0 Å². The lowest BCUT2D eigenvalue weighted by atomic mass is 9.60. The normalized spacial score (nSPS) is 23.9. The highest BCUT2D eigenvalue weighted by Crippen LogP contribution is 2.56. The molecule has 1 aromatic rings. The molecule has 0 saturated heterocycles. The molecule has 2 saturated carbocycles. The monoisotopic (exact) mass is 345 g/mol. The topological polar surface area (TPSA) is 84.7 Å². The number of carbonyl (C=O) groups is 2. The molecule has 2 aliphatic rings. The molecule has 6 nitrogen and oxygen atoms in total. The summed E-state index contributed by atoms with van der Waals surface area (Å²) in [4.78, 5) is 25.8. The molecule has 3 N–H and O–H groups in total. The van der Waals surface area contributed by atoms with E-state index in [0.29, 0.717) is 11.3 Å². The molecule has 0 heterocycles. The Morgan fingerprint density at radius 2 is 2.08 bits per heavy atom. The number of urea groups is 1. The third-order valence-electron chi connectivity index (χ3n) is 5.83. The molecule has 3 rings (SSSR count). The van der Waals surface area contributed by atoms with E-state index in [1.807, 2.05) is 14.0 Å². The van der Waals surface area contributed by atoms with E-state index in [-0.39, 0.29) is 23.6 Å². The molecule has 2 fully saturated rings. The van der Waals surface area contributed by atoms with Gasteiger partial charge < -0.3 is 20.7 Å². The van der Waals surface area contributed by atoms with Gasteiger partial charge in [0.15, 0.2) is 0 Å². The van der Waals surface area contributed by atoms with Crippen LogP contribution in [0.25, 0.3) is 0 Å². The molecule has 6 heteroatoms. The predicted octanol–water partition coefficient (Wildman–Crippen LogP) is 2.99. The maximum Gasteiger partial charge on any atom is 0.321 e. The third-order valence-corrected chi connectivity index (χ3v) is 5.83. The molecule has 1 aromatic carbocycles. The minimum Gasteiger partial charge on any atom is -0.378 e. The number of nitrogens with two attached hydrogens (primary N) is 1. The molecule has 2 aliphatic carbocycles. The van der Waals surface area contributed by atoms with Gasteiger partial charge in [-0.2, -0.15) is 0 Å². The van der Waals surface area contributed by atoms with Crippen LogP contribution in [-0.2, 0) is 4.74 Å². The van der Waals surface area contributed by atoms with Gasteiger partial charge >= 0.3 is 6.03 Å². The lowest BCUT2D eigenvalue weighted by Crippen LogP contribution is -2.64. The highest BCUT2D eigenvalue weighted by molar-refractivity contribution is 5.95. The summed E-state index contributed by atoms with van der Waals surface area (Å²) in [6.07, 6.45) is 5.80. The number of nitrogens with one attached hydrogen (secondary N) is 1. The van der Waals surface area contributed by atoms with E-state index in [4.69, 9.17) is 10.5 Å². The summed E-state index contributed by atoms with van der Waals surface area (Å²) in [6, 6.07) is 6.74. The zero-order valence-electron chi connectivity index (χ0n) is 15.0. The molecule has 0 unspecified atom stereocenters. The van der Waals surface area contributed by atoms with Crippen molar-refractivity contribution in [2.75, 3.05) is 19.0 Å². The van der Waals surface area contributed by atoms with E-state index in [1.54, 1.807) is 29.2 Å². The van der Waals surface area contributed by atoms with Crippen molar-refractivity contribution < 1.29 is 14.3 Å². The van der Waals surface area contributed by atoms with Crippen molar-refractivity contribution in [3.05, 3.63) is 29.8 Å². The quantitative estimate of drug-likeness (QED) is 0.860. The number of benzene rings is 1. The van der Waals surface area contributed by atoms with Crippen LogP contribution in [0.5, 0.6) is 0 Å². The fourth-order valence-corrected chi connectivity index (χ4v) is 4.50. The number of carbonyl (C=O) groups excluding carboxylic acids is 2. The molecular formula is C19H27N3O3.